The minimum Gasteiger partial charge on any atom is -0.317 e. The van der Waals surface area contributed by atoms with Crippen LogP contribution in [0, 0.1) is 0 Å². The fourth-order valence-electron chi connectivity index (χ4n) is 2.33. The van der Waals surface area contributed by atoms with Gasteiger partial charge in [0.25, 0.3) is 10.2 Å². The Hall–Kier alpha value is -0.220. The van der Waals surface area contributed by atoms with Crippen LogP contribution < -0.4 is 10.0 Å². The third-order valence-corrected chi connectivity index (χ3v) is 7.20. The molecule has 1 saturated heterocycles. The Balaban J connectivity index is 2.49. The third-order valence-electron chi connectivity index (χ3n) is 3.54. The van der Waals surface area contributed by atoms with E-state index < -0.39 is 25.6 Å². The van der Waals surface area contributed by atoms with Gasteiger partial charge < -0.3 is 5.32 Å². The Labute approximate surface area is 128 Å². The van der Waals surface area contributed by atoms with E-state index in [1.54, 1.807) is 6.92 Å². The van der Waals surface area contributed by atoms with Crippen LogP contribution in [-0.4, -0.2) is 64.9 Å². The molecule has 1 heterocycles. The van der Waals surface area contributed by atoms with Gasteiger partial charge >= 0.3 is 0 Å². The van der Waals surface area contributed by atoms with E-state index in [0.29, 0.717) is 19.4 Å². The number of nitrogens with zero attached hydrogens (tertiary/aromatic N) is 1. The lowest BCUT2D eigenvalue weighted by atomic mass is 10.0. The Kier molecular flexibility index (Phi) is 6.60. The fourth-order valence-corrected chi connectivity index (χ4v) is 5.84. The zero-order valence-corrected chi connectivity index (χ0v) is 14.7. The summed E-state index contributed by atoms with van der Waals surface area (Å²) in [7, 11) is -5.28. The first-order valence-corrected chi connectivity index (χ1v) is 10.5. The van der Waals surface area contributed by atoms with Crippen LogP contribution in [0.2, 0.25) is 0 Å². The van der Waals surface area contributed by atoms with E-state index >= 15 is 0 Å². The Morgan fingerprint density at radius 1 is 1.29 bits per heavy atom. The van der Waals surface area contributed by atoms with Crippen molar-refractivity contribution in [3.8, 4) is 0 Å². The van der Waals surface area contributed by atoms with Gasteiger partial charge in [0.15, 0.2) is 9.84 Å². The molecule has 0 aliphatic carbocycles. The maximum absolute atomic E-state index is 12.2. The van der Waals surface area contributed by atoms with Gasteiger partial charge in [-0.05, 0) is 39.3 Å². The average Bonchev–Trinajstić information content (AvgIpc) is 2.61. The van der Waals surface area contributed by atoms with Gasteiger partial charge in [-0.15, -0.1) is 0 Å². The number of rotatable bonds is 9. The maximum Gasteiger partial charge on any atom is 0.279 e. The molecular formula is C12H27N3O4S2. The van der Waals surface area contributed by atoms with Crippen LogP contribution in [0.4, 0.5) is 0 Å². The highest BCUT2D eigenvalue weighted by atomic mass is 32.2. The Bertz CT molecular complexity index is 533. The van der Waals surface area contributed by atoms with Crippen molar-refractivity contribution in [1.29, 1.82) is 0 Å². The number of hydrogen-bond donors (Lipinski definition) is 2. The summed E-state index contributed by atoms with van der Waals surface area (Å²) in [5.74, 6) is -0.0954. The fraction of sp³-hybridized carbons (Fsp3) is 1.00. The molecule has 1 rings (SSSR count). The van der Waals surface area contributed by atoms with E-state index in [2.05, 4.69) is 17.0 Å². The van der Waals surface area contributed by atoms with Crippen molar-refractivity contribution in [2.75, 3.05) is 38.2 Å². The topological polar surface area (TPSA) is 95.6 Å². The van der Waals surface area contributed by atoms with Crippen molar-refractivity contribution in [2.24, 2.45) is 0 Å². The monoisotopic (exact) mass is 341 g/mol. The summed E-state index contributed by atoms with van der Waals surface area (Å²) in [6, 6.07) is 0. The highest BCUT2D eigenvalue weighted by Gasteiger charge is 2.41. The van der Waals surface area contributed by atoms with Crippen molar-refractivity contribution < 1.29 is 16.8 Å². The predicted molar refractivity (Wildman–Crippen MR) is 84.1 cm³/mol. The van der Waals surface area contributed by atoms with Crippen molar-refractivity contribution in [3.63, 3.8) is 0 Å². The Morgan fingerprint density at radius 3 is 2.48 bits per heavy atom. The molecule has 1 atom stereocenters. The minimum atomic E-state index is -3.65. The second-order valence-corrected chi connectivity index (χ2v) is 9.90. The molecule has 2 N–H and O–H groups in total. The lowest BCUT2D eigenvalue weighted by Gasteiger charge is -2.27. The zero-order chi connectivity index (χ0) is 16.1. The molecular weight excluding hydrogens is 314 g/mol. The zero-order valence-electron chi connectivity index (χ0n) is 13.1. The van der Waals surface area contributed by atoms with Gasteiger partial charge in [-0.1, -0.05) is 6.92 Å². The summed E-state index contributed by atoms with van der Waals surface area (Å²) < 4.78 is 51.3. The Morgan fingerprint density at radius 2 is 1.95 bits per heavy atom. The van der Waals surface area contributed by atoms with E-state index in [1.165, 1.54) is 11.4 Å². The van der Waals surface area contributed by atoms with E-state index in [-0.39, 0.29) is 11.5 Å². The van der Waals surface area contributed by atoms with Crippen LogP contribution in [0.5, 0.6) is 0 Å². The van der Waals surface area contributed by atoms with E-state index in [1.807, 2.05) is 0 Å². The lowest BCUT2D eigenvalue weighted by Crippen LogP contribution is -2.52. The molecule has 1 aliphatic heterocycles. The number of hydrogen-bond acceptors (Lipinski definition) is 5. The van der Waals surface area contributed by atoms with Crippen molar-refractivity contribution >= 4 is 20.0 Å². The van der Waals surface area contributed by atoms with Crippen LogP contribution in [0.15, 0.2) is 0 Å². The van der Waals surface area contributed by atoms with Crippen LogP contribution in [0.1, 0.15) is 33.1 Å². The van der Waals surface area contributed by atoms with E-state index in [4.69, 9.17) is 0 Å². The first-order chi connectivity index (χ1) is 9.60. The van der Waals surface area contributed by atoms with Crippen LogP contribution in [-0.2, 0) is 20.0 Å². The molecule has 0 bridgehead atoms. The van der Waals surface area contributed by atoms with Crippen molar-refractivity contribution in [3.05, 3.63) is 0 Å². The van der Waals surface area contributed by atoms with Crippen LogP contribution in [0.3, 0.4) is 0 Å². The molecule has 126 valence electrons. The summed E-state index contributed by atoms with van der Waals surface area (Å²) in [5, 5.41) is 3.21. The molecule has 21 heavy (non-hydrogen) atoms. The second-order valence-electron chi connectivity index (χ2n) is 5.93. The SMILES string of the molecule is CCCNCCCN(C)S(=O)(=O)NC1(C)CCS(=O)(=O)C1. The summed E-state index contributed by atoms with van der Waals surface area (Å²) in [4.78, 5) is 0. The van der Waals surface area contributed by atoms with Gasteiger partial charge in [-0.3, -0.25) is 0 Å². The molecule has 0 aromatic rings. The molecule has 0 aromatic heterocycles. The summed E-state index contributed by atoms with van der Waals surface area (Å²) in [6.07, 6.45) is 2.08. The smallest absolute Gasteiger partial charge is 0.279 e. The molecule has 0 spiro atoms. The molecule has 1 fully saturated rings. The van der Waals surface area contributed by atoms with Crippen LogP contribution >= 0.6 is 0 Å². The molecule has 7 nitrogen and oxygen atoms in total. The third kappa shape index (κ3) is 6.19. The largest absolute Gasteiger partial charge is 0.317 e. The summed E-state index contributed by atoms with van der Waals surface area (Å²) >= 11 is 0. The normalized spacial score (nSPS) is 25.5. The molecule has 0 amide bonds. The van der Waals surface area contributed by atoms with Crippen molar-refractivity contribution in [2.45, 2.75) is 38.6 Å². The van der Waals surface area contributed by atoms with Gasteiger partial charge in [0.2, 0.25) is 0 Å². The van der Waals surface area contributed by atoms with Crippen LogP contribution in [0.25, 0.3) is 0 Å². The molecule has 1 aliphatic rings. The van der Waals surface area contributed by atoms with E-state index in [9.17, 15) is 16.8 Å². The molecule has 0 radical (unpaired) electrons. The minimum absolute atomic E-state index is 0.0384. The molecule has 0 aromatic carbocycles. The highest BCUT2D eigenvalue weighted by Crippen LogP contribution is 2.24. The number of sulfone groups is 1. The first-order valence-electron chi connectivity index (χ1n) is 7.27. The number of nitrogens with one attached hydrogen (secondary N) is 2. The van der Waals surface area contributed by atoms with Gasteiger partial charge in [0.1, 0.15) is 0 Å². The van der Waals surface area contributed by atoms with Gasteiger partial charge in [-0.2, -0.15) is 17.4 Å². The molecule has 9 heteroatoms. The van der Waals surface area contributed by atoms with Gasteiger partial charge in [0, 0.05) is 19.1 Å². The van der Waals surface area contributed by atoms with E-state index in [0.717, 1.165) is 19.5 Å². The average molecular weight is 341 g/mol. The predicted octanol–water partition coefficient (Wildman–Crippen LogP) is -0.280. The summed E-state index contributed by atoms with van der Waals surface area (Å²) in [6.45, 7) is 5.80. The van der Waals surface area contributed by atoms with Gasteiger partial charge in [-0.25, -0.2) is 8.42 Å². The lowest BCUT2D eigenvalue weighted by molar-refractivity contribution is 0.405. The van der Waals surface area contributed by atoms with Gasteiger partial charge in [0.05, 0.1) is 11.5 Å². The standard InChI is InChI=1S/C12H27N3O4S2/c1-4-7-13-8-5-9-15(3)21(18,19)14-12(2)6-10-20(16,17)11-12/h13-14H,4-11H2,1-3H3. The second kappa shape index (κ2) is 7.36. The van der Waals surface area contributed by atoms with Crippen molar-refractivity contribution in [1.82, 2.24) is 14.3 Å². The quantitative estimate of drug-likeness (QED) is 0.562. The molecule has 0 saturated carbocycles. The first kappa shape index (κ1) is 18.8. The molecule has 1 unspecified atom stereocenters. The highest BCUT2D eigenvalue weighted by molar-refractivity contribution is 7.92. The maximum atomic E-state index is 12.2. The summed E-state index contributed by atoms with van der Waals surface area (Å²) in [5.41, 5.74) is -0.896.